The molecule has 6 heteroatoms. The van der Waals surface area contributed by atoms with Crippen molar-refractivity contribution in [2.24, 2.45) is 0 Å². The minimum Gasteiger partial charge on any atom is -0.444 e. The number of nitrogens with zero attached hydrogens (tertiary/aromatic N) is 1. The van der Waals surface area contributed by atoms with Crippen molar-refractivity contribution in [2.45, 2.75) is 52.2 Å². The van der Waals surface area contributed by atoms with Crippen molar-refractivity contribution in [3.8, 4) is 0 Å². The van der Waals surface area contributed by atoms with E-state index in [-0.39, 0.29) is 18.0 Å². The molecular formula is C17H26FN3O2. The summed E-state index contributed by atoms with van der Waals surface area (Å²) in [6.07, 6.45) is 1.33. The zero-order chi connectivity index (χ0) is 17.2. The van der Waals surface area contributed by atoms with Gasteiger partial charge >= 0.3 is 6.09 Å². The molecule has 3 N–H and O–H groups in total. The summed E-state index contributed by atoms with van der Waals surface area (Å²) in [5.74, 6) is -0.298. The van der Waals surface area contributed by atoms with Gasteiger partial charge in [-0.3, -0.25) is 0 Å². The number of nitrogen functional groups attached to an aromatic ring is 1. The second-order valence-corrected chi connectivity index (χ2v) is 7.07. The van der Waals surface area contributed by atoms with Crippen molar-refractivity contribution in [3.63, 3.8) is 0 Å². The van der Waals surface area contributed by atoms with Crippen LogP contribution in [0.25, 0.3) is 0 Å². The third kappa shape index (κ3) is 4.74. The lowest BCUT2D eigenvalue weighted by atomic mass is 10.0. The van der Waals surface area contributed by atoms with Crippen LogP contribution in [0.15, 0.2) is 12.1 Å². The first-order chi connectivity index (χ1) is 10.7. The van der Waals surface area contributed by atoms with E-state index in [1.165, 1.54) is 6.07 Å². The number of anilines is 2. The summed E-state index contributed by atoms with van der Waals surface area (Å²) in [6, 6.07) is 3.28. The normalized spacial score (nSPS) is 16.3. The molecule has 0 radical (unpaired) electrons. The van der Waals surface area contributed by atoms with Gasteiger partial charge in [-0.25, -0.2) is 9.18 Å². The van der Waals surface area contributed by atoms with Crippen molar-refractivity contribution < 1.29 is 13.9 Å². The second kappa shape index (κ2) is 6.64. The number of nitrogens with two attached hydrogens (primary N) is 1. The van der Waals surface area contributed by atoms with E-state index >= 15 is 0 Å². The van der Waals surface area contributed by atoms with Crippen LogP contribution in [0.1, 0.15) is 39.2 Å². The number of hydrogen-bond donors (Lipinski definition) is 2. The highest BCUT2D eigenvalue weighted by Crippen LogP contribution is 2.25. The van der Waals surface area contributed by atoms with Crippen molar-refractivity contribution in [1.29, 1.82) is 0 Å². The quantitative estimate of drug-likeness (QED) is 0.817. The highest BCUT2D eigenvalue weighted by atomic mass is 19.1. The molecule has 128 valence electrons. The van der Waals surface area contributed by atoms with Crippen LogP contribution in [0.4, 0.5) is 20.6 Å². The molecule has 5 nitrogen and oxygen atoms in total. The first-order valence-electron chi connectivity index (χ1n) is 7.96. The molecule has 1 aliphatic heterocycles. The van der Waals surface area contributed by atoms with Gasteiger partial charge in [0.05, 0.1) is 11.4 Å². The molecule has 1 amide bonds. The first kappa shape index (κ1) is 17.4. The Kier molecular flexibility index (Phi) is 5.02. The number of amides is 1. The predicted octanol–water partition coefficient (Wildman–Crippen LogP) is 3.53. The van der Waals surface area contributed by atoms with E-state index in [0.717, 1.165) is 18.5 Å². The molecule has 1 fully saturated rings. The number of aryl methyl sites for hydroxylation is 1. The zero-order valence-corrected chi connectivity index (χ0v) is 14.3. The first-order valence-corrected chi connectivity index (χ1v) is 7.96. The maximum Gasteiger partial charge on any atom is 0.410 e. The largest absolute Gasteiger partial charge is 0.444 e. The third-order valence-electron chi connectivity index (χ3n) is 3.84. The minimum atomic E-state index is -0.480. The summed E-state index contributed by atoms with van der Waals surface area (Å²) in [4.78, 5) is 13.8. The number of ether oxygens (including phenoxy) is 1. The van der Waals surface area contributed by atoms with E-state index in [2.05, 4.69) is 5.32 Å². The Labute approximate surface area is 137 Å². The molecule has 0 aliphatic carbocycles. The van der Waals surface area contributed by atoms with Crippen molar-refractivity contribution >= 4 is 17.5 Å². The fourth-order valence-corrected chi connectivity index (χ4v) is 2.57. The lowest BCUT2D eigenvalue weighted by molar-refractivity contribution is 0.0210. The standard InChI is InChI=1S/C17H26FN3O2/c1-11-9-15(14(19)10-13(11)18)20-12-5-7-21(8-6-12)16(22)23-17(2,3)4/h9-10,12,20H,5-8,19H2,1-4H3. The molecule has 1 aromatic carbocycles. The van der Waals surface area contributed by atoms with Crippen LogP contribution >= 0.6 is 0 Å². The topological polar surface area (TPSA) is 67.6 Å². The van der Waals surface area contributed by atoms with Crippen LogP contribution in [-0.4, -0.2) is 35.7 Å². The maximum atomic E-state index is 13.4. The number of hydrogen-bond acceptors (Lipinski definition) is 4. The average molecular weight is 323 g/mol. The van der Waals surface area contributed by atoms with Crippen LogP contribution in [-0.2, 0) is 4.74 Å². The Morgan fingerprint density at radius 3 is 2.52 bits per heavy atom. The van der Waals surface area contributed by atoms with Gasteiger partial charge in [-0.2, -0.15) is 0 Å². The van der Waals surface area contributed by atoms with Gasteiger partial charge in [0.1, 0.15) is 11.4 Å². The van der Waals surface area contributed by atoms with Crippen LogP contribution in [0.5, 0.6) is 0 Å². The van der Waals surface area contributed by atoms with Crippen molar-refractivity contribution in [1.82, 2.24) is 4.90 Å². The SMILES string of the molecule is Cc1cc(NC2CCN(C(=O)OC(C)(C)C)CC2)c(N)cc1F. The molecule has 0 unspecified atom stereocenters. The molecule has 0 aromatic heterocycles. The molecule has 1 aromatic rings. The van der Waals surface area contributed by atoms with Gasteiger partial charge < -0.3 is 20.7 Å². The lowest BCUT2D eigenvalue weighted by Gasteiger charge is -2.34. The number of piperidine rings is 1. The predicted molar refractivity (Wildman–Crippen MR) is 90.0 cm³/mol. The number of likely N-dealkylation sites (tertiary alicyclic amines) is 1. The highest BCUT2D eigenvalue weighted by molar-refractivity contribution is 5.69. The number of carbonyl (C=O) groups is 1. The summed E-state index contributed by atoms with van der Waals surface area (Å²) in [5.41, 5.74) is 7.10. The number of nitrogens with one attached hydrogen (secondary N) is 1. The van der Waals surface area contributed by atoms with E-state index in [4.69, 9.17) is 10.5 Å². The Balaban J connectivity index is 1.90. The molecule has 1 aliphatic rings. The van der Waals surface area contributed by atoms with Crippen LogP contribution < -0.4 is 11.1 Å². The lowest BCUT2D eigenvalue weighted by Crippen LogP contribution is -2.44. The Hall–Kier alpha value is -1.98. The summed E-state index contributed by atoms with van der Waals surface area (Å²) < 4.78 is 18.8. The maximum absolute atomic E-state index is 13.4. The molecule has 0 atom stereocenters. The van der Waals surface area contributed by atoms with E-state index < -0.39 is 5.60 Å². The molecule has 0 bridgehead atoms. The van der Waals surface area contributed by atoms with Crippen LogP contribution in [0.2, 0.25) is 0 Å². The molecule has 2 rings (SSSR count). The smallest absolute Gasteiger partial charge is 0.410 e. The van der Waals surface area contributed by atoms with Gasteiger partial charge in [0, 0.05) is 19.1 Å². The summed E-state index contributed by atoms with van der Waals surface area (Å²) >= 11 is 0. The van der Waals surface area contributed by atoms with Crippen LogP contribution in [0, 0.1) is 12.7 Å². The van der Waals surface area contributed by atoms with Crippen molar-refractivity contribution in [3.05, 3.63) is 23.5 Å². The van der Waals surface area contributed by atoms with E-state index in [0.29, 0.717) is 24.3 Å². The third-order valence-corrected chi connectivity index (χ3v) is 3.84. The molecule has 0 saturated carbocycles. The number of halogens is 1. The summed E-state index contributed by atoms with van der Waals surface area (Å²) in [5, 5.41) is 3.35. The molecule has 1 heterocycles. The van der Waals surface area contributed by atoms with Gasteiger partial charge in [0.2, 0.25) is 0 Å². The minimum absolute atomic E-state index is 0.209. The monoisotopic (exact) mass is 323 g/mol. The Bertz CT molecular complexity index is 576. The average Bonchev–Trinajstić information content (AvgIpc) is 2.43. The van der Waals surface area contributed by atoms with Crippen LogP contribution in [0.3, 0.4) is 0 Å². The van der Waals surface area contributed by atoms with Gasteiger partial charge in [-0.05, 0) is 58.2 Å². The summed E-state index contributed by atoms with van der Waals surface area (Å²) in [7, 11) is 0. The van der Waals surface area contributed by atoms with Gasteiger partial charge in [-0.1, -0.05) is 0 Å². The van der Waals surface area contributed by atoms with E-state index in [9.17, 15) is 9.18 Å². The van der Waals surface area contributed by atoms with Gasteiger partial charge in [-0.15, -0.1) is 0 Å². The number of carbonyl (C=O) groups excluding carboxylic acids is 1. The van der Waals surface area contributed by atoms with Gasteiger partial charge in [0.25, 0.3) is 0 Å². The fraction of sp³-hybridized carbons (Fsp3) is 0.588. The van der Waals surface area contributed by atoms with Gasteiger partial charge in [0.15, 0.2) is 0 Å². The number of benzene rings is 1. The number of rotatable bonds is 2. The molecule has 1 saturated heterocycles. The zero-order valence-electron chi connectivity index (χ0n) is 14.3. The molecule has 0 spiro atoms. The van der Waals surface area contributed by atoms with Crippen molar-refractivity contribution in [2.75, 3.05) is 24.1 Å². The molecular weight excluding hydrogens is 297 g/mol. The van der Waals surface area contributed by atoms with E-state index in [1.54, 1.807) is 17.9 Å². The highest BCUT2D eigenvalue weighted by Gasteiger charge is 2.27. The Morgan fingerprint density at radius 1 is 1.35 bits per heavy atom. The summed E-state index contributed by atoms with van der Waals surface area (Å²) in [6.45, 7) is 8.56. The molecule has 23 heavy (non-hydrogen) atoms. The Morgan fingerprint density at radius 2 is 1.96 bits per heavy atom. The van der Waals surface area contributed by atoms with E-state index in [1.807, 2.05) is 20.8 Å². The second-order valence-electron chi connectivity index (χ2n) is 7.07. The fourth-order valence-electron chi connectivity index (χ4n) is 2.57.